The summed E-state index contributed by atoms with van der Waals surface area (Å²) in [6.07, 6.45) is 13.8. The van der Waals surface area contributed by atoms with E-state index >= 15 is 0 Å². The maximum Gasteiger partial charge on any atom is 0.0704 e. The molecule has 0 atom stereocenters. The number of hydrogen-bond donors (Lipinski definition) is 0. The SMILES string of the molecule is CC12c3ccc(s3)-c3ccc(s3)-c3ccc(s3)C=Cc3ccc(s3)-c3ccc(s3)-c3ccc(s3)C(C)(c3ccc(s3)-c3ccc(s3)-c3ccc(s3)C=Cc3ccc(s3)-c3ccc(s3)-c3ccc1s3)c1ccc(s1)-c1ccc(s1)-c1ccc(s1)C=Cc1ccc(s1)-c1ccc(s1)-c1ccc2s1. The Balaban J connectivity index is 0.717. The Kier molecular flexibility index (Phi) is 16.4. The Bertz CT molecular complexity index is 5190. The summed E-state index contributed by atoms with van der Waals surface area (Å²) in [5.74, 6) is 0. The smallest absolute Gasteiger partial charge is 0.0704 e. The molecule has 0 amide bonds. The van der Waals surface area contributed by atoms with Gasteiger partial charge in [-0.15, -0.1) is 204 Å². The van der Waals surface area contributed by atoms with Crippen LogP contribution in [0.3, 0.4) is 0 Å². The fourth-order valence-corrected chi connectivity index (χ4v) is 32.8. The van der Waals surface area contributed by atoms with E-state index in [1.165, 1.54) is 176 Å². The van der Waals surface area contributed by atoms with Crippen LogP contribution in [0.4, 0.5) is 0 Å². The second kappa shape index (κ2) is 25.9. The van der Waals surface area contributed by atoms with Crippen molar-refractivity contribution in [3.63, 3.8) is 0 Å². The maximum atomic E-state index is 2.48. The fraction of sp³-hybridized carbons (Fsp3) is 0.0488. The Morgan fingerprint density at radius 3 is 0.390 bits per heavy atom. The molecule has 0 fully saturated rings. The van der Waals surface area contributed by atoms with Crippen LogP contribution >= 0.6 is 204 Å². The third kappa shape index (κ3) is 11.7. The van der Waals surface area contributed by atoms with Crippen molar-refractivity contribution in [3.05, 3.63) is 277 Å². The van der Waals surface area contributed by atoms with Crippen LogP contribution in [0.25, 0.3) is 154 Å². The second-order valence-corrected chi connectivity index (χ2v) is 44.1. The van der Waals surface area contributed by atoms with Gasteiger partial charge < -0.3 is 0 Å². The summed E-state index contributed by atoms with van der Waals surface area (Å²) in [6.45, 7) is 4.95. The van der Waals surface area contributed by atoms with Crippen LogP contribution in [-0.4, -0.2) is 0 Å². The molecule has 18 heteroatoms. The summed E-state index contributed by atoms with van der Waals surface area (Å²) >= 11 is 34.3. The minimum atomic E-state index is -0.380. The zero-order valence-corrected chi connectivity index (χ0v) is 67.3. The highest BCUT2D eigenvalue weighted by Gasteiger charge is 2.39. The molecule has 484 valence electrons. The molecule has 100 heavy (non-hydrogen) atoms. The molecular formula is C82H48S18. The summed E-state index contributed by atoms with van der Waals surface area (Å²) in [4.78, 5) is 47.0. The van der Waals surface area contributed by atoms with Crippen molar-refractivity contribution in [1.29, 1.82) is 0 Å². The third-order valence-corrected chi connectivity index (χ3v) is 41.1. The van der Waals surface area contributed by atoms with Gasteiger partial charge in [-0.2, -0.15) is 0 Å². The van der Waals surface area contributed by atoms with E-state index in [-0.39, 0.29) is 10.8 Å². The highest BCUT2D eigenvalue weighted by Crippen LogP contribution is 2.56. The summed E-state index contributed by atoms with van der Waals surface area (Å²) in [7, 11) is 0. The molecule has 0 unspecified atom stereocenters. The number of hydrogen-bond acceptors (Lipinski definition) is 18. The van der Waals surface area contributed by atoms with Gasteiger partial charge in [0.2, 0.25) is 0 Å². The molecule has 18 aromatic rings. The van der Waals surface area contributed by atoms with E-state index in [2.05, 4.69) is 269 Å². The average Bonchev–Trinajstić information content (AvgIpc) is 1.62. The van der Waals surface area contributed by atoms with Crippen LogP contribution in [0.1, 0.15) is 72.4 Å². The first kappa shape index (κ1) is 63.5. The Morgan fingerprint density at radius 2 is 0.240 bits per heavy atom. The molecule has 18 aromatic heterocycles. The first-order chi connectivity index (χ1) is 49.1. The first-order valence-electron chi connectivity index (χ1n) is 32.0. The van der Waals surface area contributed by atoms with Crippen molar-refractivity contribution in [2.75, 3.05) is 0 Å². The van der Waals surface area contributed by atoms with E-state index in [1.54, 1.807) is 0 Å². The molecule has 0 saturated heterocycles. The van der Waals surface area contributed by atoms with Crippen LogP contribution in [0.15, 0.2) is 218 Å². The van der Waals surface area contributed by atoms with Crippen molar-refractivity contribution in [3.8, 4) is 117 Å². The molecule has 38 bridgehead atoms. The molecule has 3 aliphatic heterocycles. The molecular weight excluding hydrogens is 1560 g/mol. The van der Waals surface area contributed by atoms with Crippen LogP contribution < -0.4 is 0 Å². The lowest BCUT2D eigenvalue weighted by Crippen LogP contribution is -2.21. The van der Waals surface area contributed by atoms with Crippen LogP contribution in [0, 0.1) is 0 Å². The first-order valence-corrected chi connectivity index (χ1v) is 46.7. The Labute approximate surface area is 650 Å². The minimum Gasteiger partial charge on any atom is -0.138 e. The predicted octanol–water partition coefficient (Wildman–Crippen LogP) is 32.6. The lowest BCUT2D eigenvalue weighted by molar-refractivity contribution is 0.744. The van der Waals surface area contributed by atoms with Gasteiger partial charge in [0, 0.05) is 176 Å². The van der Waals surface area contributed by atoms with Crippen molar-refractivity contribution in [2.45, 2.75) is 24.7 Å². The zero-order chi connectivity index (χ0) is 66.2. The normalized spacial score (nSPS) is 15.7. The van der Waals surface area contributed by atoms with E-state index in [0.29, 0.717) is 0 Å². The van der Waals surface area contributed by atoms with Crippen LogP contribution in [-0.2, 0) is 10.8 Å². The standard InChI is InChI=1S/C82H48S18/c1-81-75-39-33-69(95-75)63-27-21-57(89-63)51-15-9-45(83-51)3-6-48-12-18-54(86-48)60-24-30-66(92-60)72-36-42-78(98-72)82(2,79-43-37-73(99-79)67-31-25-61(93-67)55-19-13-49(87-55)7-4-46-10-16-52(84-46)58-22-28-64(90-58)70-34-40-76(81)96-70)80-44-38-74(100-80)68-32-26-62(94-68)56-20-14-50(88-56)8-5-47-11-17-53(85-47)59-23-29-65(91-59)71-35-41-77(81)97-71/h3-44H,1-2H3. The average molecular weight is 1610 g/mol. The number of thiophene rings is 18. The monoisotopic (exact) mass is 1610 g/mol. The quantitative estimate of drug-likeness (QED) is 0.142. The highest BCUT2D eigenvalue weighted by molar-refractivity contribution is 7.31. The van der Waals surface area contributed by atoms with Gasteiger partial charge in [-0.3, -0.25) is 0 Å². The summed E-state index contributed by atoms with van der Waals surface area (Å²) in [5, 5.41) is 0. The van der Waals surface area contributed by atoms with Crippen LogP contribution in [0.2, 0.25) is 0 Å². The highest BCUT2D eigenvalue weighted by atomic mass is 32.2. The van der Waals surface area contributed by atoms with Gasteiger partial charge in [-0.1, -0.05) is 0 Å². The van der Waals surface area contributed by atoms with Gasteiger partial charge >= 0.3 is 0 Å². The molecule has 0 nitrogen and oxygen atoms in total. The predicted molar refractivity (Wildman–Crippen MR) is 464 cm³/mol. The summed E-state index contributed by atoms with van der Waals surface area (Å²) in [5.41, 5.74) is -0.759. The maximum absolute atomic E-state index is 2.48. The van der Waals surface area contributed by atoms with Gasteiger partial charge in [0.1, 0.15) is 0 Å². The second-order valence-electron chi connectivity index (χ2n) is 24.4. The van der Waals surface area contributed by atoms with Gasteiger partial charge in [0.25, 0.3) is 0 Å². The summed E-state index contributed by atoms with van der Waals surface area (Å²) in [6, 6.07) is 84.2. The van der Waals surface area contributed by atoms with Gasteiger partial charge in [0.15, 0.2) is 0 Å². The topological polar surface area (TPSA) is 0 Å². The van der Waals surface area contributed by atoms with Crippen molar-refractivity contribution in [2.24, 2.45) is 0 Å². The van der Waals surface area contributed by atoms with E-state index in [4.69, 9.17) is 0 Å². The van der Waals surface area contributed by atoms with E-state index in [0.717, 1.165) is 0 Å². The molecule has 0 radical (unpaired) electrons. The lowest BCUT2D eigenvalue weighted by atomic mass is 9.85. The molecule has 3 aliphatic rings. The molecule has 21 rings (SSSR count). The molecule has 0 N–H and O–H groups in total. The molecule has 21 heterocycles. The van der Waals surface area contributed by atoms with Crippen LogP contribution in [0.5, 0.6) is 0 Å². The summed E-state index contributed by atoms with van der Waals surface area (Å²) < 4.78 is 0. The molecule has 0 spiro atoms. The van der Waals surface area contributed by atoms with Gasteiger partial charge in [-0.05, 0) is 269 Å². The zero-order valence-electron chi connectivity index (χ0n) is 52.6. The number of rotatable bonds is 0. The third-order valence-electron chi connectivity index (χ3n) is 18.1. The van der Waals surface area contributed by atoms with Crippen molar-refractivity contribution in [1.82, 2.24) is 0 Å². The van der Waals surface area contributed by atoms with E-state index in [9.17, 15) is 0 Å². The van der Waals surface area contributed by atoms with Crippen molar-refractivity contribution < 1.29 is 0 Å². The minimum absolute atomic E-state index is 0.380. The lowest BCUT2D eigenvalue weighted by Gasteiger charge is -2.26. The van der Waals surface area contributed by atoms with Crippen molar-refractivity contribution >= 4 is 241 Å². The molecule has 0 aliphatic carbocycles. The van der Waals surface area contributed by atoms with E-state index < -0.39 is 0 Å². The Morgan fingerprint density at radius 1 is 0.130 bits per heavy atom. The fourth-order valence-electron chi connectivity index (χ4n) is 12.7. The molecule has 0 saturated carbocycles. The van der Waals surface area contributed by atoms with Gasteiger partial charge in [-0.25, -0.2) is 0 Å². The van der Waals surface area contributed by atoms with Gasteiger partial charge in [0.05, 0.1) is 10.8 Å². The van der Waals surface area contributed by atoms with E-state index in [1.807, 2.05) is 204 Å². The Hall–Kier alpha value is -6.18. The largest absolute Gasteiger partial charge is 0.138 e. The molecule has 0 aromatic carbocycles.